The fraction of sp³-hybridized carbons (Fsp3) is 0.611. The van der Waals surface area contributed by atoms with Crippen LogP contribution in [-0.4, -0.2) is 62.7 Å². The molecule has 3 aliphatic rings. The lowest BCUT2D eigenvalue weighted by Gasteiger charge is -2.26. The van der Waals surface area contributed by atoms with Crippen molar-refractivity contribution in [2.45, 2.75) is 63.2 Å². The van der Waals surface area contributed by atoms with Crippen LogP contribution >= 0.6 is 11.8 Å². The number of carbonyl (C=O) groups is 2. The quantitative estimate of drug-likeness (QED) is 0.810. The normalized spacial score (nSPS) is 30.5. The smallest absolute Gasteiger partial charge is 0.411 e. The molecule has 7 nitrogen and oxygen atoms in total. The summed E-state index contributed by atoms with van der Waals surface area (Å²) in [6.07, 6.45) is 5.12. The third-order valence-corrected chi connectivity index (χ3v) is 5.39. The first kappa shape index (κ1) is 18.8. The highest BCUT2D eigenvalue weighted by molar-refractivity contribution is 8.14. The third-order valence-electron chi connectivity index (χ3n) is 4.24. The molecule has 0 aromatic heterocycles. The van der Waals surface area contributed by atoms with Gasteiger partial charge in [-0.2, -0.15) is 0 Å². The summed E-state index contributed by atoms with van der Waals surface area (Å²) in [6.45, 7) is 7.42. The van der Waals surface area contributed by atoms with Crippen molar-refractivity contribution >= 4 is 28.9 Å². The van der Waals surface area contributed by atoms with Crippen LogP contribution in [0, 0.1) is 0 Å². The first-order valence-electron chi connectivity index (χ1n) is 8.62. The Morgan fingerprint density at radius 3 is 2.77 bits per heavy atom. The number of amides is 1. The lowest BCUT2D eigenvalue weighted by Crippen LogP contribution is -2.43. The fourth-order valence-electron chi connectivity index (χ4n) is 3.19. The summed E-state index contributed by atoms with van der Waals surface area (Å²) >= 11 is 1.72. The lowest BCUT2D eigenvalue weighted by molar-refractivity contribution is -0.142. The minimum absolute atomic E-state index is 0.0543. The van der Waals surface area contributed by atoms with Gasteiger partial charge in [-0.1, -0.05) is 6.08 Å². The van der Waals surface area contributed by atoms with Crippen molar-refractivity contribution < 1.29 is 24.2 Å². The highest BCUT2D eigenvalue weighted by Crippen LogP contribution is 2.33. The maximum atomic E-state index is 12.3. The number of likely N-dealkylation sites (tertiary alicyclic amines) is 1. The summed E-state index contributed by atoms with van der Waals surface area (Å²) < 4.78 is 11.3. The van der Waals surface area contributed by atoms with Crippen molar-refractivity contribution in [3.63, 3.8) is 0 Å². The van der Waals surface area contributed by atoms with Gasteiger partial charge in [0.1, 0.15) is 23.5 Å². The second-order valence-electron chi connectivity index (χ2n) is 7.61. The van der Waals surface area contributed by atoms with E-state index in [1.54, 1.807) is 32.5 Å². The van der Waals surface area contributed by atoms with Gasteiger partial charge in [0, 0.05) is 6.42 Å². The van der Waals surface area contributed by atoms with Gasteiger partial charge in [-0.15, -0.1) is 11.8 Å². The molecule has 0 radical (unpaired) electrons. The predicted molar refractivity (Wildman–Crippen MR) is 99.4 cm³/mol. The maximum Gasteiger partial charge on any atom is 0.411 e. The Balaban J connectivity index is 1.67. The molecule has 2 aliphatic heterocycles. The van der Waals surface area contributed by atoms with Crippen molar-refractivity contribution in [1.29, 1.82) is 0 Å². The molecule has 1 saturated heterocycles. The Morgan fingerprint density at radius 2 is 2.12 bits per heavy atom. The van der Waals surface area contributed by atoms with Crippen LogP contribution in [0.2, 0.25) is 0 Å². The summed E-state index contributed by atoms with van der Waals surface area (Å²) in [6, 6.07) is -0.892. The molecular weight excluding hydrogens is 356 g/mol. The SMILES string of the molecule is CC1=NC2C=C(O[C@H]3C[C@@H](C(=O)O)N(C(=O)OC(C)(C)C)C3)C=CC2S1. The van der Waals surface area contributed by atoms with Crippen LogP contribution in [0.25, 0.3) is 0 Å². The molecule has 0 spiro atoms. The number of fused-ring (bicyclic) bond motifs is 1. The van der Waals surface area contributed by atoms with Crippen LogP contribution < -0.4 is 0 Å². The Labute approximate surface area is 157 Å². The number of nitrogens with zero attached hydrogens (tertiary/aromatic N) is 2. The van der Waals surface area contributed by atoms with Crippen molar-refractivity contribution in [3.8, 4) is 0 Å². The van der Waals surface area contributed by atoms with Gasteiger partial charge < -0.3 is 14.6 Å². The Bertz CT molecular complexity index is 694. The zero-order valence-corrected chi connectivity index (χ0v) is 16.2. The molecule has 0 saturated carbocycles. The van der Waals surface area contributed by atoms with Crippen molar-refractivity contribution in [2.24, 2.45) is 4.99 Å². The van der Waals surface area contributed by atoms with E-state index in [0.717, 1.165) is 5.04 Å². The molecule has 8 heteroatoms. The van der Waals surface area contributed by atoms with Crippen LogP contribution in [0.1, 0.15) is 34.1 Å². The van der Waals surface area contributed by atoms with E-state index in [-0.39, 0.29) is 19.0 Å². The summed E-state index contributed by atoms with van der Waals surface area (Å²) in [5.41, 5.74) is -0.682. The van der Waals surface area contributed by atoms with E-state index in [2.05, 4.69) is 11.1 Å². The molecule has 0 aromatic carbocycles. The molecule has 0 aromatic rings. The highest BCUT2D eigenvalue weighted by atomic mass is 32.2. The molecule has 2 unspecified atom stereocenters. The van der Waals surface area contributed by atoms with Gasteiger partial charge in [-0.25, -0.2) is 9.59 Å². The van der Waals surface area contributed by atoms with Crippen LogP contribution in [0.15, 0.2) is 29.0 Å². The van der Waals surface area contributed by atoms with Gasteiger partial charge in [-0.3, -0.25) is 9.89 Å². The fourth-order valence-corrected chi connectivity index (χ4v) is 4.20. The summed E-state index contributed by atoms with van der Waals surface area (Å²) in [5, 5.41) is 10.8. The minimum atomic E-state index is -1.05. The number of aliphatic carboxylic acids is 1. The van der Waals surface area contributed by atoms with Crippen LogP contribution in [0.5, 0.6) is 0 Å². The second-order valence-corrected chi connectivity index (χ2v) is 8.98. The minimum Gasteiger partial charge on any atom is -0.489 e. The average Bonchev–Trinajstić information content (AvgIpc) is 3.08. The monoisotopic (exact) mass is 380 g/mol. The van der Waals surface area contributed by atoms with Gasteiger partial charge in [0.2, 0.25) is 0 Å². The van der Waals surface area contributed by atoms with Crippen LogP contribution in [0.4, 0.5) is 4.79 Å². The van der Waals surface area contributed by atoms with E-state index in [0.29, 0.717) is 11.0 Å². The molecular formula is C18H24N2O5S. The number of thioether (sulfide) groups is 1. The van der Waals surface area contributed by atoms with E-state index < -0.39 is 29.8 Å². The number of carboxylic acid groups (broad SMARTS) is 1. The molecule has 1 fully saturated rings. The molecule has 3 rings (SSSR count). The number of hydrogen-bond acceptors (Lipinski definition) is 6. The maximum absolute atomic E-state index is 12.3. The van der Waals surface area contributed by atoms with Crippen molar-refractivity contribution in [3.05, 3.63) is 24.0 Å². The number of allylic oxidation sites excluding steroid dienone is 1. The molecule has 142 valence electrons. The molecule has 4 atom stereocenters. The van der Waals surface area contributed by atoms with Crippen molar-refractivity contribution in [2.75, 3.05) is 6.54 Å². The molecule has 1 N–H and O–H groups in total. The van der Waals surface area contributed by atoms with Gasteiger partial charge in [0.25, 0.3) is 0 Å². The number of ether oxygens (including phenoxy) is 2. The third kappa shape index (κ3) is 4.23. The Hall–Kier alpha value is -1.96. The average molecular weight is 380 g/mol. The van der Waals surface area contributed by atoms with Gasteiger partial charge in [0.05, 0.1) is 22.9 Å². The van der Waals surface area contributed by atoms with Gasteiger partial charge in [-0.05, 0) is 39.8 Å². The second kappa shape index (κ2) is 6.98. The zero-order chi connectivity index (χ0) is 19.1. The molecule has 1 aliphatic carbocycles. The summed E-state index contributed by atoms with van der Waals surface area (Å²) in [5.74, 6) is -0.381. The van der Waals surface area contributed by atoms with E-state index in [1.807, 2.05) is 19.1 Å². The number of rotatable bonds is 3. The predicted octanol–water partition coefficient (Wildman–Crippen LogP) is 2.82. The van der Waals surface area contributed by atoms with Crippen molar-refractivity contribution in [1.82, 2.24) is 4.90 Å². The largest absolute Gasteiger partial charge is 0.489 e. The highest BCUT2D eigenvalue weighted by Gasteiger charge is 2.43. The molecule has 2 heterocycles. The first-order valence-corrected chi connectivity index (χ1v) is 9.50. The molecule has 1 amide bonds. The number of carbonyl (C=O) groups excluding carboxylic acids is 1. The van der Waals surface area contributed by atoms with Gasteiger partial charge in [0.15, 0.2) is 0 Å². The summed E-state index contributed by atoms with van der Waals surface area (Å²) in [4.78, 5) is 29.7. The molecule has 26 heavy (non-hydrogen) atoms. The van der Waals surface area contributed by atoms with E-state index in [1.165, 1.54) is 4.90 Å². The van der Waals surface area contributed by atoms with E-state index >= 15 is 0 Å². The first-order chi connectivity index (χ1) is 12.1. The summed E-state index contributed by atoms with van der Waals surface area (Å²) in [7, 11) is 0. The Kier molecular flexibility index (Phi) is 5.05. The standard InChI is InChI=1S/C18H24N2O5S/c1-10-19-13-7-11(5-6-15(13)26-10)24-12-8-14(16(21)22)20(9-12)17(23)25-18(2,3)4/h5-7,12-15H,8-9H2,1-4H3,(H,21,22)/t12-,13?,14-,15?/m0/s1. The van der Waals surface area contributed by atoms with Crippen LogP contribution in [-0.2, 0) is 14.3 Å². The van der Waals surface area contributed by atoms with Gasteiger partial charge >= 0.3 is 12.1 Å². The number of carboxylic acids is 1. The molecule has 0 bridgehead atoms. The zero-order valence-electron chi connectivity index (χ0n) is 15.3. The van der Waals surface area contributed by atoms with E-state index in [9.17, 15) is 14.7 Å². The number of hydrogen-bond donors (Lipinski definition) is 1. The van der Waals surface area contributed by atoms with Crippen LogP contribution in [0.3, 0.4) is 0 Å². The lowest BCUT2D eigenvalue weighted by atomic mass is 10.1. The Morgan fingerprint density at radius 1 is 1.38 bits per heavy atom. The topological polar surface area (TPSA) is 88.4 Å². The van der Waals surface area contributed by atoms with E-state index in [4.69, 9.17) is 9.47 Å². The number of aliphatic imine (C=N–C) groups is 1.